The zero-order chi connectivity index (χ0) is 29.2. The fourth-order valence-electron chi connectivity index (χ4n) is 9.79. The molecule has 0 radical (unpaired) electrons. The number of benzene rings is 2. The Hall–Kier alpha value is -1.86. The van der Waals surface area contributed by atoms with E-state index in [9.17, 15) is 0 Å². The van der Waals surface area contributed by atoms with Crippen molar-refractivity contribution in [1.29, 1.82) is 0 Å². The van der Waals surface area contributed by atoms with E-state index in [1.54, 1.807) is 54.3 Å². The van der Waals surface area contributed by atoms with Crippen LogP contribution in [0, 0.1) is 13.8 Å². The molecular formula is C42H56S. The van der Waals surface area contributed by atoms with E-state index in [-0.39, 0.29) is 0 Å². The minimum absolute atomic E-state index is 0.741. The van der Waals surface area contributed by atoms with Gasteiger partial charge in [-0.25, -0.2) is 0 Å². The molecule has 1 heterocycles. The van der Waals surface area contributed by atoms with Gasteiger partial charge in [0.15, 0.2) is 0 Å². The van der Waals surface area contributed by atoms with E-state index >= 15 is 0 Å². The number of hydrogen-bond acceptors (Lipinski definition) is 1. The Bertz CT molecular complexity index is 1190. The molecule has 4 saturated carbocycles. The molecule has 0 N–H and O–H groups in total. The van der Waals surface area contributed by atoms with E-state index in [2.05, 4.69) is 61.6 Å². The van der Waals surface area contributed by atoms with E-state index in [1.165, 1.54) is 128 Å². The Morgan fingerprint density at radius 1 is 0.395 bits per heavy atom. The van der Waals surface area contributed by atoms with Crippen LogP contribution in [0.2, 0.25) is 0 Å². The first-order valence-electron chi connectivity index (χ1n) is 18.6. The first-order chi connectivity index (χ1) is 21.2. The van der Waals surface area contributed by atoms with Gasteiger partial charge in [0.25, 0.3) is 0 Å². The van der Waals surface area contributed by atoms with Crippen molar-refractivity contribution in [2.75, 3.05) is 0 Å². The van der Waals surface area contributed by atoms with Gasteiger partial charge < -0.3 is 0 Å². The molecule has 0 atom stereocenters. The maximum Gasteiger partial charge on any atom is 0.0387 e. The quantitative estimate of drug-likeness (QED) is 0.267. The number of rotatable bonds is 6. The third kappa shape index (κ3) is 6.06. The molecule has 0 nitrogen and oxygen atoms in total. The molecule has 0 spiro atoms. The van der Waals surface area contributed by atoms with Gasteiger partial charge in [0.05, 0.1) is 0 Å². The topological polar surface area (TPSA) is 0 Å². The van der Waals surface area contributed by atoms with Crippen molar-refractivity contribution in [3.05, 3.63) is 69.8 Å². The lowest BCUT2D eigenvalue weighted by Gasteiger charge is -2.30. The predicted molar refractivity (Wildman–Crippen MR) is 188 cm³/mol. The highest BCUT2D eigenvalue weighted by molar-refractivity contribution is 7.19. The van der Waals surface area contributed by atoms with E-state index in [0.717, 1.165) is 23.7 Å². The van der Waals surface area contributed by atoms with Crippen LogP contribution in [-0.2, 0) is 0 Å². The maximum absolute atomic E-state index is 2.55. The second-order valence-corrected chi connectivity index (χ2v) is 16.0. The summed E-state index contributed by atoms with van der Waals surface area (Å²) in [5.74, 6) is 2.96. The minimum atomic E-state index is 0.741. The molecule has 0 unspecified atom stereocenters. The Morgan fingerprint density at radius 2 is 0.651 bits per heavy atom. The van der Waals surface area contributed by atoms with Crippen molar-refractivity contribution in [2.24, 2.45) is 0 Å². The first kappa shape index (κ1) is 29.8. The van der Waals surface area contributed by atoms with Crippen LogP contribution < -0.4 is 0 Å². The molecule has 0 saturated heterocycles. The Labute approximate surface area is 267 Å². The van der Waals surface area contributed by atoms with Crippen LogP contribution in [0.3, 0.4) is 0 Å². The molecule has 1 aromatic heterocycles. The van der Waals surface area contributed by atoms with Gasteiger partial charge in [-0.3, -0.25) is 0 Å². The van der Waals surface area contributed by atoms with E-state index in [1.807, 2.05) is 0 Å². The van der Waals surface area contributed by atoms with Crippen LogP contribution >= 0.6 is 11.3 Å². The molecule has 3 aromatic rings. The summed E-state index contributed by atoms with van der Waals surface area (Å²) in [6.07, 6.45) is 28.0. The average Bonchev–Trinajstić information content (AvgIpc) is 3.38. The average molecular weight is 593 g/mol. The summed E-state index contributed by atoms with van der Waals surface area (Å²) in [6, 6.07) is 15.1. The van der Waals surface area contributed by atoms with Crippen molar-refractivity contribution >= 4 is 11.3 Å². The SMILES string of the molecule is Cc1c(-c2c(C3CCCCC3)cccc2C2CCCCC2)sc(-c2c(C3CCCCC3)cccc2C2CCCCC2)c1C. The highest BCUT2D eigenvalue weighted by atomic mass is 32.1. The van der Waals surface area contributed by atoms with Crippen LogP contribution in [-0.4, -0.2) is 0 Å². The monoisotopic (exact) mass is 592 g/mol. The third-order valence-corrected chi connectivity index (χ3v) is 13.8. The summed E-state index contributed by atoms with van der Waals surface area (Å²) in [7, 11) is 0. The summed E-state index contributed by atoms with van der Waals surface area (Å²) in [5.41, 5.74) is 13.3. The molecule has 0 amide bonds. The highest BCUT2D eigenvalue weighted by Gasteiger charge is 2.31. The van der Waals surface area contributed by atoms with Gasteiger partial charge in [0, 0.05) is 9.75 Å². The summed E-state index contributed by atoms with van der Waals surface area (Å²) in [6.45, 7) is 4.97. The second-order valence-electron chi connectivity index (χ2n) is 15.0. The van der Waals surface area contributed by atoms with Crippen molar-refractivity contribution in [3.63, 3.8) is 0 Å². The Balaban J connectivity index is 1.41. The Kier molecular flexibility index (Phi) is 9.46. The fraction of sp³-hybridized carbons (Fsp3) is 0.619. The molecule has 4 fully saturated rings. The van der Waals surface area contributed by atoms with Crippen LogP contribution in [0.4, 0.5) is 0 Å². The van der Waals surface area contributed by atoms with Crippen molar-refractivity contribution in [3.8, 4) is 20.9 Å². The zero-order valence-electron chi connectivity index (χ0n) is 27.3. The summed E-state index contributed by atoms with van der Waals surface area (Å²) >= 11 is 2.20. The molecule has 2 aromatic carbocycles. The molecule has 43 heavy (non-hydrogen) atoms. The van der Waals surface area contributed by atoms with Gasteiger partial charge in [-0.2, -0.15) is 0 Å². The van der Waals surface area contributed by atoms with E-state index < -0.39 is 0 Å². The maximum atomic E-state index is 2.55. The van der Waals surface area contributed by atoms with Gasteiger partial charge in [-0.1, -0.05) is 113 Å². The van der Waals surface area contributed by atoms with E-state index in [4.69, 9.17) is 0 Å². The summed E-state index contributed by atoms with van der Waals surface area (Å²) in [4.78, 5) is 3.25. The van der Waals surface area contributed by atoms with Gasteiger partial charge in [0.2, 0.25) is 0 Å². The molecule has 0 aliphatic heterocycles. The van der Waals surface area contributed by atoms with Crippen LogP contribution in [0.5, 0.6) is 0 Å². The highest BCUT2D eigenvalue weighted by Crippen LogP contribution is 2.53. The predicted octanol–water partition coefficient (Wildman–Crippen LogP) is 13.9. The first-order valence-corrected chi connectivity index (χ1v) is 19.4. The third-order valence-electron chi connectivity index (χ3n) is 12.3. The van der Waals surface area contributed by atoms with Gasteiger partial charge in [-0.05, 0) is 133 Å². The van der Waals surface area contributed by atoms with Crippen molar-refractivity contribution in [1.82, 2.24) is 0 Å². The molecule has 4 aliphatic rings. The number of thiophene rings is 1. The summed E-state index contributed by atoms with van der Waals surface area (Å²) < 4.78 is 0. The van der Waals surface area contributed by atoms with Crippen LogP contribution in [0.1, 0.15) is 185 Å². The lowest BCUT2D eigenvalue weighted by atomic mass is 9.75. The van der Waals surface area contributed by atoms with Gasteiger partial charge in [-0.15, -0.1) is 11.3 Å². The molecule has 230 valence electrons. The molecule has 0 bridgehead atoms. The molecule has 4 aliphatic carbocycles. The van der Waals surface area contributed by atoms with Crippen LogP contribution in [0.15, 0.2) is 36.4 Å². The molecular weight excluding hydrogens is 537 g/mol. The lowest BCUT2D eigenvalue weighted by molar-refractivity contribution is 0.437. The smallest absolute Gasteiger partial charge is 0.0387 e. The van der Waals surface area contributed by atoms with Gasteiger partial charge in [0.1, 0.15) is 0 Å². The fourth-order valence-corrected chi connectivity index (χ4v) is 11.3. The van der Waals surface area contributed by atoms with Gasteiger partial charge >= 0.3 is 0 Å². The minimum Gasteiger partial charge on any atom is -0.135 e. The normalized spacial score (nSPS) is 21.8. The van der Waals surface area contributed by atoms with E-state index in [0.29, 0.717) is 0 Å². The lowest BCUT2D eigenvalue weighted by Crippen LogP contribution is -2.11. The largest absolute Gasteiger partial charge is 0.135 e. The second kappa shape index (κ2) is 13.6. The number of hydrogen-bond donors (Lipinski definition) is 0. The molecule has 7 rings (SSSR count). The van der Waals surface area contributed by atoms with Crippen molar-refractivity contribution < 1.29 is 0 Å². The van der Waals surface area contributed by atoms with Crippen molar-refractivity contribution in [2.45, 2.75) is 166 Å². The Morgan fingerprint density at radius 3 is 0.907 bits per heavy atom. The standard InChI is InChI=1S/C42H56S/c1-29-30(2)42(40-37(33-21-11-5-12-22-33)27-16-28-38(40)34-23-13-6-14-24-34)43-41(29)39-35(31-17-7-3-8-18-31)25-15-26-36(39)32-19-9-4-10-20-32/h15-16,25-28,31-34H,3-14,17-24H2,1-2H3. The molecule has 1 heteroatoms. The zero-order valence-corrected chi connectivity index (χ0v) is 28.1. The summed E-state index contributed by atoms with van der Waals surface area (Å²) in [5, 5.41) is 0. The van der Waals surface area contributed by atoms with Crippen LogP contribution in [0.25, 0.3) is 20.9 Å².